The van der Waals surface area contributed by atoms with Crippen molar-refractivity contribution < 1.29 is 9.53 Å². The van der Waals surface area contributed by atoms with Crippen LogP contribution < -0.4 is 5.32 Å². The van der Waals surface area contributed by atoms with E-state index in [0.29, 0.717) is 6.54 Å². The third kappa shape index (κ3) is 3.30. The summed E-state index contributed by atoms with van der Waals surface area (Å²) in [5, 5.41) is 5.59. The number of nitrogens with zero attached hydrogens (tertiary/aromatic N) is 1. The van der Waals surface area contributed by atoms with Crippen LogP contribution in [0.2, 0.25) is 0 Å². The maximum atomic E-state index is 12.7. The van der Waals surface area contributed by atoms with Gasteiger partial charge in [-0.2, -0.15) is 0 Å². The lowest BCUT2D eigenvalue weighted by Crippen LogP contribution is -2.39. The van der Waals surface area contributed by atoms with Crippen LogP contribution in [0.5, 0.6) is 0 Å². The Balaban J connectivity index is 1.74. The second-order valence-corrected chi connectivity index (χ2v) is 6.88. The van der Waals surface area contributed by atoms with Gasteiger partial charge in [0.1, 0.15) is 6.17 Å². The van der Waals surface area contributed by atoms with Crippen LogP contribution in [0.15, 0.2) is 17.5 Å². The Bertz CT molecular complexity index is 457. The zero-order chi connectivity index (χ0) is 14.7. The standard InChI is InChI=1S/C16H24N2O2S/c1-2-6-13-16(19)18(11-12-7-3-4-9-20-12)15(17-13)14-8-5-10-21-14/h5,8,10,12-13,15,17H,2-4,6-7,9,11H2,1H3. The summed E-state index contributed by atoms with van der Waals surface area (Å²) in [7, 11) is 0. The monoisotopic (exact) mass is 308 g/mol. The number of amides is 1. The third-order valence-corrected chi connectivity index (χ3v) is 5.24. The highest BCUT2D eigenvalue weighted by Crippen LogP contribution is 2.31. The number of hydrogen-bond donors (Lipinski definition) is 1. The van der Waals surface area contributed by atoms with Crippen LogP contribution in [0.25, 0.3) is 0 Å². The summed E-state index contributed by atoms with van der Waals surface area (Å²) in [6.45, 7) is 3.68. The summed E-state index contributed by atoms with van der Waals surface area (Å²) in [5.41, 5.74) is 0. The minimum atomic E-state index is -0.0364. The minimum Gasteiger partial charge on any atom is -0.376 e. The number of carbonyl (C=O) groups is 1. The first-order valence-corrected chi connectivity index (χ1v) is 8.89. The summed E-state index contributed by atoms with van der Waals surface area (Å²) < 4.78 is 5.83. The van der Waals surface area contributed by atoms with Gasteiger partial charge in [-0.05, 0) is 37.1 Å². The maximum absolute atomic E-state index is 12.7. The average Bonchev–Trinajstić information content (AvgIpc) is 3.12. The minimum absolute atomic E-state index is 0.0274. The fraction of sp³-hybridized carbons (Fsp3) is 0.688. The molecule has 5 heteroatoms. The molecule has 3 rings (SSSR count). The predicted octanol–water partition coefficient (Wildman–Crippen LogP) is 2.92. The summed E-state index contributed by atoms with van der Waals surface area (Å²) in [6.07, 6.45) is 5.58. The first-order chi connectivity index (χ1) is 10.3. The molecule has 2 fully saturated rings. The van der Waals surface area contributed by atoms with Crippen LogP contribution in [-0.4, -0.2) is 36.1 Å². The van der Waals surface area contributed by atoms with Crippen molar-refractivity contribution in [2.75, 3.05) is 13.2 Å². The highest BCUT2D eigenvalue weighted by molar-refractivity contribution is 7.10. The van der Waals surface area contributed by atoms with E-state index in [1.807, 2.05) is 4.90 Å². The van der Waals surface area contributed by atoms with E-state index in [-0.39, 0.29) is 24.2 Å². The molecule has 21 heavy (non-hydrogen) atoms. The summed E-state index contributed by atoms with van der Waals surface area (Å²) in [6, 6.07) is 4.12. The SMILES string of the molecule is CCCC1NC(c2cccs2)N(CC2CCCCO2)C1=O. The molecule has 1 N–H and O–H groups in total. The normalized spacial score (nSPS) is 30.0. The first-order valence-electron chi connectivity index (χ1n) is 8.01. The van der Waals surface area contributed by atoms with Crippen molar-refractivity contribution >= 4 is 17.2 Å². The van der Waals surface area contributed by atoms with Crippen LogP contribution in [0, 0.1) is 0 Å². The van der Waals surface area contributed by atoms with E-state index in [1.54, 1.807) is 11.3 Å². The molecule has 2 saturated heterocycles. The van der Waals surface area contributed by atoms with Gasteiger partial charge in [-0.25, -0.2) is 0 Å². The number of carbonyl (C=O) groups excluding carboxylic acids is 1. The molecule has 2 aliphatic rings. The van der Waals surface area contributed by atoms with E-state index in [0.717, 1.165) is 32.3 Å². The van der Waals surface area contributed by atoms with Crippen LogP contribution in [-0.2, 0) is 9.53 Å². The van der Waals surface area contributed by atoms with E-state index in [9.17, 15) is 4.79 Å². The maximum Gasteiger partial charge on any atom is 0.241 e. The lowest BCUT2D eigenvalue weighted by molar-refractivity contribution is -0.132. The molecule has 3 atom stereocenters. The van der Waals surface area contributed by atoms with Gasteiger partial charge in [-0.1, -0.05) is 19.4 Å². The van der Waals surface area contributed by atoms with E-state index >= 15 is 0 Å². The van der Waals surface area contributed by atoms with Gasteiger partial charge in [-0.3, -0.25) is 10.1 Å². The Hall–Kier alpha value is -0.910. The lowest BCUT2D eigenvalue weighted by atomic mass is 10.1. The molecule has 0 bridgehead atoms. The molecular weight excluding hydrogens is 284 g/mol. The Morgan fingerprint density at radius 1 is 1.48 bits per heavy atom. The van der Waals surface area contributed by atoms with Gasteiger partial charge in [0, 0.05) is 18.0 Å². The Morgan fingerprint density at radius 2 is 2.38 bits per heavy atom. The van der Waals surface area contributed by atoms with Crippen molar-refractivity contribution in [3.63, 3.8) is 0 Å². The zero-order valence-electron chi connectivity index (χ0n) is 12.6. The van der Waals surface area contributed by atoms with Crippen molar-refractivity contribution in [3.8, 4) is 0 Å². The quantitative estimate of drug-likeness (QED) is 0.909. The predicted molar refractivity (Wildman–Crippen MR) is 84.2 cm³/mol. The van der Waals surface area contributed by atoms with Gasteiger partial charge < -0.3 is 9.64 Å². The average molecular weight is 308 g/mol. The fourth-order valence-corrected chi connectivity index (χ4v) is 4.02. The lowest BCUT2D eigenvalue weighted by Gasteiger charge is -2.30. The highest BCUT2D eigenvalue weighted by Gasteiger charge is 2.40. The van der Waals surface area contributed by atoms with E-state index in [2.05, 4.69) is 29.8 Å². The molecule has 0 saturated carbocycles. The van der Waals surface area contributed by atoms with Crippen molar-refractivity contribution in [3.05, 3.63) is 22.4 Å². The molecule has 0 aliphatic carbocycles. The van der Waals surface area contributed by atoms with Gasteiger partial charge in [-0.15, -0.1) is 11.3 Å². The summed E-state index contributed by atoms with van der Waals surface area (Å²) >= 11 is 1.71. The molecule has 3 heterocycles. The molecule has 0 aromatic carbocycles. The molecule has 3 unspecified atom stereocenters. The van der Waals surface area contributed by atoms with Crippen molar-refractivity contribution in [1.29, 1.82) is 0 Å². The van der Waals surface area contributed by atoms with E-state index < -0.39 is 0 Å². The van der Waals surface area contributed by atoms with E-state index in [4.69, 9.17) is 4.74 Å². The Morgan fingerprint density at radius 3 is 3.05 bits per heavy atom. The van der Waals surface area contributed by atoms with Gasteiger partial charge in [0.05, 0.1) is 12.1 Å². The number of nitrogens with one attached hydrogen (secondary N) is 1. The van der Waals surface area contributed by atoms with Gasteiger partial charge in [0.25, 0.3) is 0 Å². The number of thiophene rings is 1. The number of hydrogen-bond acceptors (Lipinski definition) is 4. The zero-order valence-corrected chi connectivity index (χ0v) is 13.4. The van der Waals surface area contributed by atoms with Crippen molar-refractivity contribution in [1.82, 2.24) is 10.2 Å². The number of ether oxygens (including phenoxy) is 1. The van der Waals surface area contributed by atoms with Crippen LogP contribution in [0.4, 0.5) is 0 Å². The van der Waals surface area contributed by atoms with Gasteiger partial charge in [0.15, 0.2) is 0 Å². The van der Waals surface area contributed by atoms with Crippen molar-refractivity contribution in [2.45, 2.75) is 57.3 Å². The van der Waals surface area contributed by atoms with Crippen LogP contribution >= 0.6 is 11.3 Å². The summed E-state index contributed by atoms with van der Waals surface area (Å²) in [4.78, 5) is 15.9. The van der Waals surface area contributed by atoms with Crippen LogP contribution in [0.1, 0.15) is 50.1 Å². The molecular formula is C16H24N2O2S. The van der Waals surface area contributed by atoms with E-state index in [1.165, 1.54) is 11.3 Å². The summed E-state index contributed by atoms with van der Waals surface area (Å²) in [5.74, 6) is 0.240. The first kappa shape index (κ1) is 15.0. The Kier molecular flexibility index (Phi) is 4.93. The van der Waals surface area contributed by atoms with Gasteiger partial charge in [0.2, 0.25) is 5.91 Å². The second-order valence-electron chi connectivity index (χ2n) is 5.91. The third-order valence-electron chi connectivity index (χ3n) is 4.32. The smallest absolute Gasteiger partial charge is 0.241 e. The van der Waals surface area contributed by atoms with Crippen LogP contribution in [0.3, 0.4) is 0 Å². The molecule has 0 radical (unpaired) electrons. The largest absolute Gasteiger partial charge is 0.376 e. The molecule has 1 aromatic rings. The Labute approximate surface area is 130 Å². The topological polar surface area (TPSA) is 41.6 Å². The molecule has 4 nitrogen and oxygen atoms in total. The molecule has 2 aliphatic heterocycles. The highest BCUT2D eigenvalue weighted by atomic mass is 32.1. The molecule has 1 amide bonds. The number of rotatable bonds is 5. The molecule has 116 valence electrons. The fourth-order valence-electron chi connectivity index (χ4n) is 3.22. The molecule has 1 aromatic heterocycles. The van der Waals surface area contributed by atoms with Crippen molar-refractivity contribution in [2.24, 2.45) is 0 Å². The molecule has 0 spiro atoms. The van der Waals surface area contributed by atoms with Gasteiger partial charge >= 0.3 is 0 Å². The second kappa shape index (κ2) is 6.90.